The number of benzene rings is 2. The molecule has 0 saturated carbocycles. The van der Waals surface area contributed by atoms with E-state index in [1.807, 2.05) is 6.07 Å². The third-order valence-electron chi connectivity index (χ3n) is 5.68. The third-order valence-corrected chi connectivity index (χ3v) is 5.68. The van der Waals surface area contributed by atoms with Crippen molar-refractivity contribution in [1.82, 2.24) is 4.90 Å². The lowest BCUT2D eigenvalue weighted by molar-refractivity contribution is 0.264. The van der Waals surface area contributed by atoms with Gasteiger partial charge in [-0.25, -0.2) is 0 Å². The van der Waals surface area contributed by atoms with Crippen molar-refractivity contribution in [1.29, 1.82) is 0 Å². The van der Waals surface area contributed by atoms with E-state index < -0.39 is 0 Å². The molecule has 0 amide bonds. The van der Waals surface area contributed by atoms with Crippen LogP contribution in [0.1, 0.15) is 28.3 Å². The van der Waals surface area contributed by atoms with E-state index in [1.165, 1.54) is 16.7 Å². The summed E-state index contributed by atoms with van der Waals surface area (Å²) in [7, 11) is 6.70. The number of hydrogen-bond acceptors (Lipinski definition) is 5. The quantitative estimate of drug-likeness (QED) is 0.821. The highest BCUT2D eigenvalue weighted by atomic mass is 16.5. The van der Waals surface area contributed by atoms with E-state index in [0.29, 0.717) is 0 Å². The molecule has 0 fully saturated rings. The number of methoxy groups -OCH3 is 4. The van der Waals surface area contributed by atoms with Crippen molar-refractivity contribution >= 4 is 5.70 Å². The van der Waals surface area contributed by atoms with Gasteiger partial charge < -0.3 is 23.8 Å². The predicted molar refractivity (Wildman–Crippen MR) is 105 cm³/mol. The second-order valence-corrected chi connectivity index (χ2v) is 6.85. The number of ether oxygens (including phenoxy) is 4. The fraction of sp³-hybridized carbons (Fsp3) is 0.364. The third kappa shape index (κ3) is 2.60. The van der Waals surface area contributed by atoms with Crippen molar-refractivity contribution in [3.63, 3.8) is 0 Å². The van der Waals surface area contributed by atoms with E-state index >= 15 is 0 Å². The molecule has 0 aromatic heterocycles. The van der Waals surface area contributed by atoms with Crippen LogP contribution in [0, 0.1) is 0 Å². The van der Waals surface area contributed by atoms with Gasteiger partial charge in [-0.3, -0.25) is 0 Å². The number of nitrogens with zero attached hydrogens (tertiary/aromatic N) is 1. The molecule has 1 unspecified atom stereocenters. The molecule has 4 rings (SSSR count). The largest absolute Gasteiger partial charge is 0.493 e. The van der Waals surface area contributed by atoms with Gasteiger partial charge in [-0.05, 0) is 47.7 Å². The van der Waals surface area contributed by atoms with Gasteiger partial charge in [0.05, 0.1) is 34.5 Å². The van der Waals surface area contributed by atoms with Crippen molar-refractivity contribution in [3.05, 3.63) is 53.1 Å². The van der Waals surface area contributed by atoms with Crippen molar-refractivity contribution in [2.45, 2.75) is 18.9 Å². The van der Waals surface area contributed by atoms with Crippen LogP contribution in [0.5, 0.6) is 23.0 Å². The van der Waals surface area contributed by atoms with Crippen LogP contribution >= 0.6 is 0 Å². The van der Waals surface area contributed by atoms with Crippen molar-refractivity contribution < 1.29 is 18.9 Å². The highest BCUT2D eigenvalue weighted by Gasteiger charge is 2.36. The van der Waals surface area contributed by atoms with E-state index in [-0.39, 0.29) is 6.04 Å². The molecule has 0 bridgehead atoms. The van der Waals surface area contributed by atoms with Crippen molar-refractivity contribution in [2.24, 2.45) is 0 Å². The predicted octanol–water partition coefficient (Wildman–Crippen LogP) is 3.85. The number of fused-ring (bicyclic) bond motifs is 4. The van der Waals surface area contributed by atoms with Gasteiger partial charge in [0.15, 0.2) is 23.0 Å². The maximum Gasteiger partial charge on any atom is 0.170 e. The lowest BCUT2D eigenvalue weighted by atomic mass is 9.82. The summed E-state index contributed by atoms with van der Waals surface area (Å²) >= 11 is 0. The summed E-state index contributed by atoms with van der Waals surface area (Å²) in [5.41, 5.74) is 5.85. The van der Waals surface area contributed by atoms with Crippen LogP contribution in [0.2, 0.25) is 0 Å². The molecule has 2 aromatic carbocycles. The van der Waals surface area contributed by atoms with Gasteiger partial charge >= 0.3 is 0 Å². The molecule has 0 spiro atoms. The number of rotatable bonds is 4. The van der Waals surface area contributed by atoms with Crippen LogP contribution in [-0.2, 0) is 12.8 Å². The zero-order valence-electron chi connectivity index (χ0n) is 16.3. The van der Waals surface area contributed by atoms with Crippen LogP contribution < -0.4 is 18.9 Å². The Kier molecular flexibility index (Phi) is 4.38. The second kappa shape index (κ2) is 6.72. The van der Waals surface area contributed by atoms with E-state index in [0.717, 1.165) is 53.6 Å². The average molecular weight is 367 g/mol. The van der Waals surface area contributed by atoms with Gasteiger partial charge in [-0.15, -0.1) is 0 Å². The van der Waals surface area contributed by atoms with Crippen LogP contribution in [-0.4, -0.2) is 39.9 Å². The van der Waals surface area contributed by atoms with Gasteiger partial charge in [-0.1, -0.05) is 12.6 Å². The molecule has 5 heteroatoms. The van der Waals surface area contributed by atoms with Crippen LogP contribution in [0.3, 0.4) is 0 Å². The van der Waals surface area contributed by atoms with Crippen molar-refractivity contribution in [2.75, 3.05) is 35.0 Å². The zero-order chi connectivity index (χ0) is 19.1. The molecule has 2 aliphatic heterocycles. The monoisotopic (exact) mass is 367 g/mol. The first-order chi connectivity index (χ1) is 13.1. The minimum atomic E-state index is 0.228. The summed E-state index contributed by atoms with van der Waals surface area (Å²) in [6.45, 7) is 5.32. The lowest BCUT2D eigenvalue weighted by Gasteiger charge is -2.44. The minimum Gasteiger partial charge on any atom is -0.493 e. The molecular weight excluding hydrogens is 342 g/mol. The first-order valence-corrected chi connectivity index (χ1v) is 9.07. The van der Waals surface area contributed by atoms with Gasteiger partial charge in [0.25, 0.3) is 0 Å². The smallest absolute Gasteiger partial charge is 0.170 e. The molecular formula is C22H25NO4. The molecule has 2 aliphatic rings. The molecule has 5 nitrogen and oxygen atoms in total. The Bertz CT molecular complexity index is 906. The Hall–Kier alpha value is -2.82. The first-order valence-electron chi connectivity index (χ1n) is 9.07. The van der Waals surface area contributed by atoms with E-state index in [2.05, 4.69) is 29.7 Å². The fourth-order valence-corrected chi connectivity index (χ4v) is 4.38. The van der Waals surface area contributed by atoms with E-state index in [4.69, 9.17) is 18.9 Å². The Morgan fingerprint density at radius 3 is 2.26 bits per heavy atom. The second-order valence-electron chi connectivity index (χ2n) is 6.85. The summed E-state index contributed by atoms with van der Waals surface area (Å²) in [6, 6.07) is 8.54. The van der Waals surface area contributed by atoms with Crippen LogP contribution in [0.15, 0.2) is 30.8 Å². The number of hydrogen-bond donors (Lipinski definition) is 0. The minimum absolute atomic E-state index is 0.228. The molecule has 27 heavy (non-hydrogen) atoms. The lowest BCUT2D eigenvalue weighted by Crippen LogP contribution is -2.38. The summed E-state index contributed by atoms with van der Waals surface area (Å²) in [5, 5.41) is 0. The van der Waals surface area contributed by atoms with Crippen molar-refractivity contribution in [3.8, 4) is 23.0 Å². The first kappa shape index (κ1) is 17.6. The molecule has 0 N–H and O–H groups in total. The highest BCUT2D eigenvalue weighted by Crippen LogP contribution is 2.49. The summed E-state index contributed by atoms with van der Waals surface area (Å²) in [4.78, 5) is 2.37. The fourth-order valence-electron chi connectivity index (χ4n) is 4.38. The standard InChI is InChI=1S/C22H25NO4/c1-13-21-15(6-7-18(24-2)22(21)27-5)10-17-16-12-20(26-4)19(25-3)11-14(16)8-9-23(13)17/h6-7,11-12,17H,1,8-10H2,2-5H3. The van der Waals surface area contributed by atoms with Crippen LogP contribution in [0.4, 0.5) is 0 Å². The Labute approximate surface area is 160 Å². The summed E-state index contributed by atoms with van der Waals surface area (Å²) < 4.78 is 22.2. The molecule has 0 radical (unpaired) electrons. The Balaban J connectivity index is 1.83. The normalized spacial score (nSPS) is 17.6. The molecule has 2 aromatic rings. The molecule has 0 saturated heterocycles. The van der Waals surface area contributed by atoms with E-state index in [1.54, 1.807) is 28.4 Å². The SMILES string of the molecule is C=C1c2c(ccc(OC)c2OC)CC2c3cc(OC)c(OC)cc3CCN12. The van der Waals surface area contributed by atoms with Gasteiger partial charge in [0.2, 0.25) is 0 Å². The molecule has 2 heterocycles. The zero-order valence-corrected chi connectivity index (χ0v) is 16.3. The Morgan fingerprint density at radius 1 is 0.889 bits per heavy atom. The molecule has 0 aliphatic carbocycles. The Morgan fingerprint density at radius 2 is 1.59 bits per heavy atom. The van der Waals surface area contributed by atoms with E-state index in [9.17, 15) is 0 Å². The summed E-state index contributed by atoms with van der Waals surface area (Å²) in [5.74, 6) is 3.05. The van der Waals surface area contributed by atoms with Crippen LogP contribution in [0.25, 0.3) is 5.70 Å². The maximum absolute atomic E-state index is 5.67. The average Bonchev–Trinajstić information content (AvgIpc) is 2.71. The molecule has 1 atom stereocenters. The maximum atomic E-state index is 5.67. The van der Waals surface area contributed by atoms with Gasteiger partial charge in [-0.2, -0.15) is 0 Å². The summed E-state index contributed by atoms with van der Waals surface area (Å²) in [6.07, 6.45) is 1.82. The van der Waals surface area contributed by atoms with Gasteiger partial charge in [0, 0.05) is 17.8 Å². The molecule has 142 valence electrons. The van der Waals surface area contributed by atoms with Gasteiger partial charge in [0.1, 0.15) is 0 Å². The topological polar surface area (TPSA) is 40.2 Å². The highest BCUT2D eigenvalue weighted by molar-refractivity contribution is 5.76.